The third kappa shape index (κ3) is 5.47. The average molecular weight is 216 g/mol. The molecule has 4 heteroatoms. The predicted molar refractivity (Wildman–Crippen MR) is 61.0 cm³/mol. The third-order valence-electron chi connectivity index (χ3n) is 2.94. The highest BCUT2D eigenvalue weighted by atomic mass is 16.5. The van der Waals surface area contributed by atoms with Gasteiger partial charge in [-0.3, -0.25) is 4.90 Å². The summed E-state index contributed by atoms with van der Waals surface area (Å²) < 4.78 is 5.29. The molecule has 0 aromatic heterocycles. The zero-order valence-corrected chi connectivity index (χ0v) is 9.91. The maximum atomic E-state index is 9.28. The van der Waals surface area contributed by atoms with E-state index in [4.69, 9.17) is 4.74 Å². The minimum Gasteiger partial charge on any atom is -0.392 e. The van der Waals surface area contributed by atoms with Crippen molar-refractivity contribution < 1.29 is 9.84 Å². The molecule has 90 valence electrons. The molecular weight excluding hydrogens is 192 g/mol. The number of nitrogens with one attached hydrogen (secondary N) is 1. The summed E-state index contributed by atoms with van der Waals surface area (Å²) in [5, 5.41) is 12.6. The fourth-order valence-electron chi connectivity index (χ4n) is 1.63. The number of ether oxygens (including phenoxy) is 1. The maximum absolute atomic E-state index is 9.28. The van der Waals surface area contributed by atoms with Crippen LogP contribution < -0.4 is 5.32 Å². The number of aliphatic hydroxyl groups excluding tert-OH is 1. The van der Waals surface area contributed by atoms with Gasteiger partial charge in [0.05, 0.1) is 19.3 Å². The summed E-state index contributed by atoms with van der Waals surface area (Å²) in [5.74, 6) is 0. The van der Waals surface area contributed by atoms with Gasteiger partial charge in [0, 0.05) is 19.1 Å². The molecule has 1 saturated heterocycles. The number of nitrogens with zero attached hydrogens (tertiary/aromatic N) is 1. The molecule has 0 aliphatic carbocycles. The van der Waals surface area contributed by atoms with E-state index in [0.29, 0.717) is 0 Å². The number of aliphatic hydroxyl groups is 1. The Hall–Kier alpha value is -0.160. The van der Waals surface area contributed by atoms with E-state index in [1.807, 2.05) is 13.8 Å². The van der Waals surface area contributed by atoms with Gasteiger partial charge in [-0.1, -0.05) is 0 Å². The molecule has 0 amide bonds. The smallest absolute Gasteiger partial charge is 0.0662 e. The Morgan fingerprint density at radius 2 is 2.00 bits per heavy atom. The number of rotatable bonds is 6. The highest BCUT2D eigenvalue weighted by Gasteiger charge is 2.10. The maximum Gasteiger partial charge on any atom is 0.0662 e. The minimum absolute atomic E-state index is 0.190. The van der Waals surface area contributed by atoms with Crippen LogP contribution in [0.1, 0.15) is 20.3 Å². The van der Waals surface area contributed by atoms with E-state index >= 15 is 0 Å². The molecule has 0 aromatic rings. The van der Waals surface area contributed by atoms with Crippen LogP contribution in [0.3, 0.4) is 0 Å². The van der Waals surface area contributed by atoms with Gasteiger partial charge in [-0.2, -0.15) is 0 Å². The molecule has 2 unspecified atom stereocenters. The van der Waals surface area contributed by atoms with Crippen molar-refractivity contribution in [2.45, 2.75) is 32.4 Å². The van der Waals surface area contributed by atoms with Gasteiger partial charge in [0.1, 0.15) is 0 Å². The van der Waals surface area contributed by atoms with E-state index in [0.717, 1.165) is 45.8 Å². The SMILES string of the molecule is CC(O)C(C)NCCCN1CCOCC1. The monoisotopic (exact) mass is 216 g/mol. The standard InChI is InChI=1S/C11H24N2O2/c1-10(11(2)14)12-4-3-5-13-6-8-15-9-7-13/h10-12,14H,3-9H2,1-2H3. The van der Waals surface area contributed by atoms with Crippen LogP contribution in [-0.4, -0.2) is 61.5 Å². The first-order chi connectivity index (χ1) is 7.20. The lowest BCUT2D eigenvalue weighted by Gasteiger charge is -2.26. The molecule has 15 heavy (non-hydrogen) atoms. The molecule has 4 nitrogen and oxygen atoms in total. The summed E-state index contributed by atoms with van der Waals surface area (Å²) in [6.45, 7) is 9.80. The Morgan fingerprint density at radius 1 is 1.33 bits per heavy atom. The van der Waals surface area contributed by atoms with Crippen molar-refractivity contribution in [3.8, 4) is 0 Å². The summed E-state index contributed by atoms with van der Waals surface area (Å²) in [7, 11) is 0. The lowest BCUT2D eigenvalue weighted by Crippen LogP contribution is -2.40. The Bertz CT molecular complexity index is 159. The summed E-state index contributed by atoms with van der Waals surface area (Å²) in [6, 6.07) is 0.190. The van der Waals surface area contributed by atoms with Gasteiger partial charge >= 0.3 is 0 Å². The number of hydrogen-bond acceptors (Lipinski definition) is 4. The minimum atomic E-state index is -0.270. The van der Waals surface area contributed by atoms with Crippen LogP contribution in [0, 0.1) is 0 Å². The molecular formula is C11H24N2O2. The Morgan fingerprint density at radius 3 is 2.60 bits per heavy atom. The van der Waals surface area contributed by atoms with Crippen LogP contribution in [0.2, 0.25) is 0 Å². The molecule has 1 aliphatic heterocycles. The van der Waals surface area contributed by atoms with Crippen LogP contribution in [0.25, 0.3) is 0 Å². The topological polar surface area (TPSA) is 44.7 Å². The van der Waals surface area contributed by atoms with Crippen LogP contribution >= 0.6 is 0 Å². The Kier molecular flexibility index (Phi) is 6.17. The third-order valence-corrected chi connectivity index (χ3v) is 2.94. The summed E-state index contributed by atoms with van der Waals surface area (Å²) in [5.41, 5.74) is 0. The van der Waals surface area contributed by atoms with Crippen molar-refractivity contribution in [1.29, 1.82) is 0 Å². The highest BCUT2D eigenvalue weighted by molar-refractivity contribution is 4.67. The second kappa shape index (κ2) is 7.17. The molecule has 1 aliphatic rings. The largest absolute Gasteiger partial charge is 0.392 e. The van der Waals surface area contributed by atoms with Crippen molar-refractivity contribution in [3.63, 3.8) is 0 Å². The van der Waals surface area contributed by atoms with Crippen molar-refractivity contribution in [1.82, 2.24) is 10.2 Å². The van der Waals surface area contributed by atoms with Crippen LogP contribution in [0.15, 0.2) is 0 Å². The van der Waals surface area contributed by atoms with E-state index in [2.05, 4.69) is 10.2 Å². The molecule has 1 fully saturated rings. The van der Waals surface area contributed by atoms with E-state index in [-0.39, 0.29) is 12.1 Å². The van der Waals surface area contributed by atoms with Gasteiger partial charge in [0.2, 0.25) is 0 Å². The molecule has 0 bridgehead atoms. The van der Waals surface area contributed by atoms with Gasteiger partial charge in [0.25, 0.3) is 0 Å². The van der Waals surface area contributed by atoms with Crippen molar-refractivity contribution in [2.75, 3.05) is 39.4 Å². The molecule has 2 N–H and O–H groups in total. The predicted octanol–water partition coefficient (Wildman–Crippen LogP) is 0.0676. The zero-order chi connectivity index (χ0) is 11.1. The van der Waals surface area contributed by atoms with Crippen LogP contribution in [0.5, 0.6) is 0 Å². The molecule has 0 spiro atoms. The first-order valence-corrected chi connectivity index (χ1v) is 5.91. The van der Waals surface area contributed by atoms with Crippen LogP contribution in [-0.2, 0) is 4.74 Å². The molecule has 2 atom stereocenters. The van der Waals surface area contributed by atoms with E-state index < -0.39 is 0 Å². The Balaban J connectivity index is 1.96. The van der Waals surface area contributed by atoms with Gasteiger partial charge < -0.3 is 15.2 Å². The first kappa shape index (κ1) is 12.9. The molecule has 0 aromatic carbocycles. The average Bonchev–Trinajstić information content (AvgIpc) is 2.25. The van der Waals surface area contributed by atoms with Crippen molar-refractivity contribution in [2.24, 2.45) is 0 Å². The van der Waals surface area contributed by atoms with E-state index in [1.165, 1.54) is 0 Å². The molecule has 1 heterocycles. The highest BCUT2D eigenvalue weighted by Crippen LogP contribution is 1.98. The zero-order valence-electron chi connectivity index (χ0n) is 9.91. The first-order valence-electron chi connectivity index (χ1n) is 5.91. The number of morpholine rings is 1. The normalized spacial score (nSPS) is 22.6. The van der Waals surface area contributed by atoms with Gasteiger partial charge in [-0.05, 0) is 33.4 Å². The quantitative estimate of drug-likeness (QED) is 0.617. The fraction of sp³-hybridized carbons (Fsp3) is 1.00. The summed E-state index contributed by atoms with van der Waals surface area (Å²) in [6.07, 6.45) is 0.866. The second-order valence-electron chi connectivity index (χ2n) is 4.29. The molecule has 0 radical (unpaired) electrons. The number of hydrogen-bond donors (Lipinski definition) is 2. The van der Waals surface area contributed by atoms with Gasteiger partial charge in [-0.25, -0.2) is 0 Å². The van der Waals surface area contributed by atoms with Crippen molar-refractivity contribution in [3.05, 3.63) is 0 Å². The van der Waals surface area contributed by atoms with E-state index in [9.17, 15) is 5.11 Å². The second-order valence-corrected chi connectivity index (χ2v) is 4.29. The summed E-state index contributed by atoms with van der Waals surface area (Å²) in [4.78, 5) is 2.43. The molecule has 0 saturated carbocycles. The lowest BCUT2D eigenvalue weighted by molar-refractivity contribution is 0.0372. The van der Waals surface area contributed by atoms with E-state index in [1.54, 1.807) is 0 Å². The lowest BCUT2D eigenvalue weighted by atomic mass is 10.2. The van der Waals surface area contributed by atoms with Crippen molar-refractivity contribution >= 4 is 0 Å². The van der Waals surface area contributed by atoms with Crippen LogP contribution in [0.4, 0.5) is 0 Å². The van der Waals surface area contributed by atoms with Gasteiger partial charge in [0.15, 0.2) is 0 Å². The molecule has 1 rings (SSSR count). The van der Waals surface area contributed by atoms with Gasteiger partial charge in [-0.15, -0.1) is 0 Å². The summed E-state index contributed by atoms with van der Waals surface area (Å²) >= 11 is 0. The Labute approximate surface area is 92.6 Å². The fourth-order valence-corrected chi connectivity index (χ4v) is 1.63.